The lowest BCUT2D eigenvalue weighted by atomic mass is 10.1. The number of pyridine rings is 2. The summed E-state index contributed by atoms with van der Waals surface area (Å²) in [7, 11) is 0. The summed E-state index contributed by atoms with van der Waals surface area (Å²) in [4.78, 5) is 17.6. The second kappa shape index (κ2) is 16.6. The third-order valence-electron chi connectivity index (χ3n) is 7.09. The van der Waals surface area contributed by atoms with Crippen molar-refractivity contribution < 1.29 is 55.3 Å². The fourth-order valence-electron chi connectivity index (χ4n) is 4.89. The number of alkyl halides is 6. The van der Waals surface area contributed by atoms with E-state index >= 15 is 0 Å². The number of nitrogens with zero attached hydrogens (tertiary/aromatic N) is 2. The van der Waals surface area contributed by atoms with Crippen molar-refractivity contribution in [2.24, 2.45) is 0 Å². The van der Waals surface area contributed by atoms with E-state index in [2.05, 4.69) is 92.8 Å². The van der Waals surface area contributed by atoms with Gasteiger partial charge in [-0.15, -0.1) is 0 Å². The Labute approximate surface area is 261 Å². The third kappa shape index (κ3) is 10.8. The second-order valence-electron chi connectivity index (χ2n) is 10.4. The lowest BCUT2D eigenvalue weighted by molar-refractivity contribution is -0.675. The molecule has 4 bridgehead atoms. The molecule has 248 valence electrons. The zero-order valence-corrected chi connectivity index (χ0v) is 24.8. The van der Waals surface area contributed by atoms with Crippen LogP contribution in [0.5, 0.6) is 0 Å². The summed E-state index contributed by atoms with van der Waals surface area (Å²) < 4.78 is 67.9. The van der Waals surface area contributed by atoms with E-state index < -0.39 is 24.3 Å². The Hall–Kier alpha value is -4.62. The number of aliphatic carboxylic acids is 2. The zero-order valence-electron chi connectivity index (χ0n) is 24.8. The number of aryl methyl sites for hydroxylation is 2. The molecule has 2 aromatic carbocycles. The lowest BCUT2D eigenvalue weighted by Crippen LogP contribution is -2.37. The van der Waals surface area contributed by atoms with E-state index in [4.69, 9.17) is 19.8 Å². The number of rotatable bonds is 0. The van der Waals surface area contributed by atoms with E-state index in [1.807, 2.05) is 0 Å². The first kappa shape index (κ1) is 35.9. The van der Waals surface area contributed by atoms with Crippen molar-refractivity contribution in [1.29, 1.82) is 0 Å². The van der Waals surface area contributed by atoms with Crippen molar-refractivity contribution >= 4 is 45.1 Å². The molecule has 0 saturated carbocycles. The van der Waals surface area contributed by atoms with E-state index in [0.29, 0.717) is 0 Å². The minimum Gasteiger partial charge on any atom is -0.542 e. The molecule has 0 amide bonds. The molecule has 2 aliphatic heterocycles. The zero-order chi connectivity index (χ0) is 33.7. The van der Waals surface area contributed by atoms with Gasteiger partial charge in [0.1, 0.15) is 25.0 Å². The fraction of sp³-hybridized carbons (Fsp3) is 0.375. The third-order valence-corrected chi connectivity index (χ3v) is 7.09. The number of carboxylic acids is 2. The Morgan fingerprint density at radius 1 is 0.565 bits per heavy atom. The largest absolute Gasteiger partial charge is 0.542 e. The Balaban J connectivity index is 0.000000345. The number of carbonyl (C=O) groups excluding carboxylic acids is 2. The van der Waals surface area contributed by atoms with Gasteiger partial charge < -0.3 is 30.4 Å². The summed E-state index contributed by atoms with van der Waals surface area (Å²) in [6, 6.07) is 22.1. The van der Waals surface area contributed by atoms with Crippen LogP contribution >= 0.6 is 0 Å². The number of benzene rings is 2. The summed E-state index contributed by atoms with van der Waals surface area (Å²) in [6.07, 6.45) is 1.32. The maximum Gasteiger partial charge on any atom is 0.430 e. The van der Waals surface area contributed by atoms with Gasteiger partial charge in [0.15, 0.2) is 12.4 Å². The molecule has 0 saturated heterocycles. The number of fused-ring (bicyclic) bond motifs is 12. The molecule has 14 heteroatoms. The van der Waals surface area contributed by atoms with Crippen LogP contribution in [0.1, 0.15) is 38.5 Å². The second-order valence-corrected chi connectivity index (χ2v) is 10.4. The van der Waals surface area contributed by atoms with Gasteiger partial charge in [0.2, 0.25) is 11.0 Å². The summed E-state index contributed by atoms with van der Waals surface area (Å²) in [5, 5.41) is 27.6. The van der Waals surface area contributed by atoms with Crippen molar-refractivity contribution in [3.8, 4) is 0 Å². The maximum absolute atomic E-state index is 10.5. The molecule has 2 N–H and O–H groups in total. The number of hydrogen-bond donors (Lipinski definition) is 2. The molecule has 0 aliphatic carbocycles. The SMILES string of the molecule is O=C([O-])C(F)(F)F.O=C([O-])C(F)(F)F.c1ccc2c(c1)c1cc[n+]2CCCCC[n+]2ccc(c3ccccc32)NCCCCCN1. The minimum atomic E-state index is -5.19. The number of anilines is 2. The number of aromatic nitrogens is 2. The van der Waals surface area contributed by atoms with Crippen molar-refractivity contribution in [2.45, 2.75) is 64.0 Å². The predicted octanol–water partition coefficient (Wildman–Crippen LogP) is 4.04. The van der Waals surface area contributed by atoms with Gasteiger partial charge in [-0.05, 0) is 37.8 Å². The van der Waals surface area contributed by atoms with Crippen molar-refractivity contribution in [3.05, 3.63) is 73.1 Å². The first-order valence-corrected chi connectivity index (χ1v) is 14.7. The topological polar surface area (TPSA) is 112 Å². The van der Waals surface area contributed by atoms with Gasteiger partial charge in [0.05, 0.1) is 22.1 Å². The van der Waals surface area contributed by atoms with Gasteiger partial charge >= 0.3 is 12.4 Å². The number of nitrogens with one attached hydrogen (secondary N) is 2. The smallest absolute Gasteiger partial charge is 0.430 e. The molecule has 4 heterocycles. The molecule has 0 atom stereocenters. The Kier molecular flexibility index (Phi) is 13.0. The number of carboxylic acid groups (broad SMARTS) is 2. The van der Waals surface area contributed by atoms with Crippen LogP contribution in [0.3, 0.4) is 0 Å². The molecular weight excluding hydrogens is 618 g/mol. The van der Waals surface area contributed by atoms with Crippen LogP contribution in [0.4, 0.5) is 37.7 Å². The summed E-state index contributed by atoms with van der Waals surface area (Å²) in [5.74, 6) is -6.01. The normalized spacial score (nSPS) is 14.6. The van der Waals surface area contributed by atoms with Crippen LogP contribution in [0.2, 0.25) is 0 Å². The Morgan fingerprint density at radius 2 is 0.913 bits per heavy atom. The van der Waals surface area contributed by atoms with Crippen LogP contribution in [-0.2, 0) is 22.7 Å². The van der Waals surface area contributed by atoms with Crippen LogP contribution in [-0.4, -0.2) is 37.4 Å². The number of carbonyl (C=O) groups is 2. The van der Waals surface area contributed by atoms with Crippen LogP contribution in [0.15, 0.2) is 73.1 Å². The van der Waals surface area contributed by atoms with Gasteiger partial charge in [-0.1, -0.05) is 24.3 Å². The van der Waals surface area contributed by atoms with Crippen LogP contribution in [0.25, 0.3) is 21.8 Å². The summed E-state index contributed by atoms with van der Waals surface area (Å²) >= 11 is 0. The van der Waals surface area contributed by atoms with E-state index in [1.165, 1.54) is 71.7 Å². The van der Waals surface area contributed by atoms with E-state index in [1.54, 1.807) is 0 Å². The minimum absolute atomic E-state index is 1.02. The molecule has 0 spiro atoms. The lowest BCUT2D eigenvalue weighted by Gasteiger charge is -2.12. The molecular formula is C32H34F6N4O4. The first-order valence-electron chi connectivity index (χ1n) is 14.7. The maximum atomic E-state index is 10.5. The molecule has 8 nitrogen and oxygen atoms in total. The molecule has 4 aromatic rings. The number of para-hydroxylation sites is 2. The molecule has 46 heavy (non-hydrogen) atoms. The quantitative estimate of drug-likeness (QED) is 0.219. The molecule has 6 rings (SSSR count). The Morgan fingerprint density at radius 3 is 1.28 bits per heavy atom. The van der Waals surface area contributed by atoms with E-state index in [0.717, 1.165) is 26.2 Å². The van der Waals surface area contributed by atoms with Crippen LogP contribution < -0.4 is 30.0 Å². The van der Waals surface area contributed by atoms with Gasteiger partial charge in [0.25, 0.3) is 0 Å². The monoisotopic (exact) mass is 652 g/mol. The molecule has 2 aliphatic rings. The van der Waals surface area contributed by atoms with Gasteiger partial charge in [-0.25, -0.2) is 0 Å². The van der Waals surface area contributed by atoms with Gasteiger partial charge in [-0.2, -0.15) is 35.5 Å². The van der Waals surface area contributed by atoms with Crippen molar-refractivity contribution in [3.63, 3.8) is 0 Å². The first-order chi connectivity index (χ1) is 21.8. The highest BCUT2D eigenvalue weighted by Gasteiger charge is 2.29. The number of hydrogen-bond acceptors (Lipinski definition) is 6. The Bertz CT molecular complexity index is 1490. The average Bonchev–Trinajstić information content (AvgIpc) is 3.01. The van der Waals surface area contributed by atoms with Gasteiger partial charge in [0, 0.05) is 50.2 Å². The average molecular weight is 653 g/mol. The molecule has 0 unspecified atom stereocenters. The van der Waals surface area contributed by atoms with E-state index in [-0.39, 0.29) is 0 Å². The summed E-state index contributed by atoms with van der Waals surface area (Å²) in [5.41, 5.74) is 5.16. The van der Waals surface area contributed by atoms with E-state index in [9.17, 15) is 26.3 Å². The van der Waals surface area contributed by atoms with Crippen LogP contribution in [0, 0.1) is 0 Å². The highest BCUT2D eigenvalue weighted by molar-refractivity contribution is 5.89. The van der Waals surface area contributed by atoms with Crippen molar-refractivity contribution in [2.75, 3.05) is 23.7 Å². The highest BCUT2D eigenvalue weighted by atomic mass is 19.4. The number of halogens is 6. The highest BCUT2D eigenvalue weighted by Crippen LogP contribution is 2.22. The summed E-state index contributed by atoms with van der Waals surface area (Å²) in [6.45, 7) is 4.16. The fourth-order valence-corrected chi connectivity index (χ4v) is 4.89. The molecule has 0 fully saturated rings. The van der Waals surface area contributed by atoms with Crippen molar-refractivity contribution in [1.82, 2.24) is 0 Å². The van der Waals surface area contributed by atoms with Gasteiger partial charge in [-0.3, -0.25) is 0 Å². The predicted molar refractivity (Wildman–Crippen MR) is 155 cm³/mol. The standard InChI is InChI=1S/C28H32N4.2C2HF3O2/c1-7-17-29-25-15-21-31(27-13-5-3-11-23(25)27)19-9-2-10-20-32-22-16-26(30-18-8-1)24-12-4-6-14-28(24)32;2*3-2(4,5)1(6)7/h3-6,11-16,21-22H,1-2,7-10,17-20H2;2*(H,6,7). The molecule has 2 aromatic heterocycles. The molecule has 0 radical (unpaired) electrons.